The molecule has 23 heavy (non-hydrogen) atoms. The minimum atomic E-state index is -0.123. The summed E-state index contributed by atoms with van der Waals surface area (Å²) in [6.45, 7) is 7.60. The molecule has 0 spiro atoms. The minimum Gasteiger partial charge on any atom is -0.393 e. The van der Waals surface area contributed by atoms with Crippen LogP contribution in [0.25, 0.3) is 0 Å². The van der Waals surface area contributed by atoms with Crippen molar-refractivity contribution in [2.24, 2.45) is 0 Å². The molecular weight excluding hydrogens is 294 g/mol. The monoisotopic (exact) mass is 321 g/mol. The number of aromatic nitrogens is 3. The molecule has 2 aliphatic rings. The summed E-state index contributed by atoms with van der Waals surface area (Å²) in [4.78, 5) is 21.1. The van der Waals surface area contributed by atoms with Crippen LogP contribution in [0.5, 0.6) is 0 Å². The number of hydrogen-bond acceptors (Lipinski definition) is 5. The highest BCUT2D eigenvalue weighted by Crippen LogP contribution is 2.21. The fourth-order valence-electron chi connectivity index (χ4n) is 3.67. The zero-order valence-electron chi connectivity index (χ0n) is 14.1. The maximum atomic E-state index is 12.4. The van der Waals surface area contributed by atoms with Gasteiger partial charge in [-0.1, -0.05) is 0 Å². The molecule has 2 saturated heterocycles. The summed E-state index contributed by atoms with van der Waals surface area (Å²) in [7, 11) is 0. The number of aliphatic hydroxyl groups is 1. The molecule has 2 aliphatic heterocycles. The predicted molar refractivity (Wildman–Crippen MR) is 85.9 cm³/mol. The Balaban J connectivity index is 1.48. The average molecular weight is 321 g/mol. The van der Waals surface area contributed by atoms with Gasteiger partial charge in [0.25, 0.3) is 0 Å². The van der Waals surface area contributed by atoms with E-state index in [0.717, 1.165) is 57.7 Å². The van der Waals surface area contributed by atoms with Gasteiger partial charge in [-0.05, 0) is 39.5 Å². The number of amides is 1. The van der Waals surface area contributed by atoms with E-state index in [0.29, 0.717) is 11.9 Å². The first kappa shape index (κ1) is 16.4. The van der Waals surface area contributed by atoms with Gasteiger partial charge in [0, 0.05) is 32.2 Å². The summed E-state index contributed by atoms with van der Waals surface area (Å²) in [6.07, 6.45) is 3.69. The van der Waals surface area contributed by atoms with Crippen LogP contribution in [0.4, 0.5) is 0 Å². The Morgan fingerprint density at radius 3 is 2.35 bits per heavy atom. The highest BCUT2D eigenvalue weighted by molar-refractivity contribution is 5.76. The van der Waals surface area contributed by atoms with Crippen molar-refractivity contribution in [2.45, 2.75) is 58.2 Å². The molecule has 3 rings (SSSR count). The van der Waals surface area contributed by atoms with Gasteiger partial charge in [0.15, 0.2) is 0 Å². The molecule has 1 aromatic rings. The third-order valence-electron chi connectivity index (χ3n) is 5.08. The standard InChI is InChI=1S/C16H27N5O2/c1-12-17-13(2)21(18-12)11-16(23)20-7-3-14(4-8-20)19-9-5-15(22)6-10-19/h14-15,22H,3-11H2,1-2H3. The van der Waals surface area contributed by atoms with Crippen molar-refractivity contribution in [1.82, 2.24) is 24.6 Å². The summed E-state index contributed by atoms with van der Waals surface area (Å²) < 4.78 is 1.69. The van der Waals surface area contributed by atoms with Crippen molar-refractivity contribution in [3.63, 3.8) is 0 Å². The fraction of sp³-hybridized carbons (Fsp3) is 0.812. The minimum absolute atomic E-state index is 0.123. The fourth-order valence-corrected chi connectivity index (χ4v) is 3.67. The van der Waals surface area contributed by atoms with Crippen molar-refractivity contribution >= 4 is 5.91 Å². The van der Waals surface area contributed by atoms with Crippen LogP contribution < -0.4 is 0 Å². The summed E-state index contributed by atoms with van der Waals surface area (Å²) in [6, 6.07) is 0.557. The molecule has 7 nitrogen and oxygen atoms in total. The topological polar surface area (TPSA) is 74.5 Å². The summed E-state index contributed by atoms with van der Waals surface area (Å²) in [5, 5.41) is 13.9. The van der Waals surface area contributed by atoms with Gasteiger partial charge in [0.1, 0.15) is 18.2 Å². The lowest BCUT2D eigenvalue weighted by Gasteiger charge is -2.41. The van der Waals surface area contributed by atoms with Crippen LogP contribution in [0.2, 0.25) is 0 Å². The van der Waals surface area contributed by atoms with Gasteiger partial charge in [-0.3, -0.25) is 4.79 Å². The van der Waals surface area contributed by atoms with Crippen LogP contribution in [0.15, 0.2) is 0 Å². The van der Waals surface area contributed by atoms with Gasteiger partial charge < -0.3 is 14.9 Å². The maximum absolute atomic E-state index is 12.4. The molecule has 1 amide bonds. The molecule has 0 radical (unpaired) electrons. The lowest BCUT2D eigenvalue weighted by molar-refractivity contribution is -0.133. The first-order chi connectivity index (χ1) is 11.0. The molecular formula is C16H27N5O2. The molecule has 2 fully saturated rings. The number of nitrogens with zero attached hydrogens (tertiary/aromatic N) is 5. The van der Waals surface area contributed by atoms with Crippen molar-refractivity contribution < 1.29 is 9.90 Å². The molecule has 3 heterocycles. The first-order valence-electron chi connectivity index (χ1n) is 8.61. The van der Waals surface area contributed by atoms with Gasteiger partial charge in [0.2, 0.25) is 5.91 Å². The van der Waals surface area contributed by atoms with Gasteiger partial charge in [-0.25, -0.2) is 9.67 Å². The zero-order chi connectivity index (χ0) is 16.4. The third-order valence-corrected chi connectivity index (χ3v) is 5.08. The van der Waals surface area contributed by atoms with E-state index in [4.69, 9.17) is 0 Å². The number of likely N-dealkylation sites (tertiary alicyclic amines) is 2. The van der Waals surface area contributed by atoms with Gasteiger partial charge in [0.05, 0.1) is 6.10 Å². The molecule has 0 unspecified atom stereocenters. The number of carbonyl (C=O) groups excluding carboxylic acids is 1. The molecule has 0 bridgehead atoms. The van der Waals surface area contributed by atoms with Gasteiger partial charge in [-0.2, -0.15) is 5.10 Å². The van der Waals surface area contributed by atoms with E-state index < -0.39 is 0 Å². The number of aryl methyl sites for hydroxylation is 2. The van der Waals surface area contributed by atoms with Crippen LogP contribution in [0.3, 0.4) is 0 Å². The number of piperidine rings is 2. The van der Waals surface area contributed by atoms with Crippen LogP contribution >= 0.6 is 0 Å². The van der Waals surface area contributed by atoms with E-state index in [9.17, 15) is 9.90 Å². The van der Waals surface area contributed by atoms with Crippen LogP contribution in [-0.2, 0) is 11.3 Å². The molecule has 0 atom stereocenters. The Labute approximate surface area is 137 Å². The second-order valence-corrected chi connectivity index (χ2v) is 6.74. The molecule has 0 saturated carbocycles. The number of carbonyl (C=O) groups is 1. The van der Waals surface area contributed by atoms with E-state index in [1.807, 2.05) is 18.7 Å². The van der Waals surface area contributed by atoms with Crippen molar-refractivity contribution in [2.75, 3.05) is 26.2 Å². The Morgan fingerprint density at radius 1 is 1.13 bits per heavy atom. The number of hydrogen-bond donors (Lipinski definition) is 1. The highest BCUT2D eigenvalue weighted by atomic mass is 16.3. The maximum Gasteiger partial charge on any atom is 0.244 e. The molecule has 7 heteroatoms. The van der Waals surface area contributed by atoms with Crippen molar-refractivity contribution in [3.05, 3.63) is 11.6 Å². The van der Waals surface area contributed by atoms with Crippen molar-refractivity contribution in [3.8, 4) is 0 Å². The summed E-state index contributed by atoms with van der Waals surface area (Å²) >= 11 is 0. The Hall–Kier alpha value is -1.47. The van der Waals surface area contributed by atoms with Crippen molar-refractivity contribution in [1.29, 1.82) is 0 Å². The van der Waals surface area contributed by atoms with E-state index in [1.54, 1.807) is 4.68 Å². The lowest BCUT2D eigenvalue weighted by atomic mass is 9.99. The van der Waals surface area contributed by atoms with Crippen LogP contribution in [0, 0.1) is 13.8 Å². The van der Waals surface area contributed by atoms with E-state index in [1.165, 1.54) is 0 Å². The summed E-state index contributed by atoms with van der Waals surface area (Å²) in [5.41, 5.74) is 0. The Bertz CT molecular complexity index is 543. The molecule has 128 valence electrons. The number of aliphatic hydroxyl groups excluding tert-OH is 1. The number of rotatable bonds is 3. The average Bonchev–Trinajstić information content (AvgIpc) is 2.86. The molecule has 0 aromatic carbocycles. The van der Waals surface area contributed by atoms with E-state index in [-0.39, 0.29) is 18.6 Å². The SMILES string of the molecule is Cc1nc(C)n(CC(=O)N2CCC(N3CCC(O)CC3)CC2)n1. The summed E-state index contributed by atoms with van der Waals surface area (Å²) in [5.74, 6) is 1.63. The van der Waals surface area contributed by atoms with E-state index in [2.05, 4.69) is 15.0 Å². The third kappa shape index (κ3) is 3.90. The Kier molecular flexibility index (Phi) is 4.96. The van der Waals surface area contributed by atoms with Gasteiger partial charge >= 0.3 is 0 Å². The normalized spacial score (nSPS) is 21.8. The largest absolute Gasteiger partial charge is 0.393 e. The second kappa shape index (κ2) is 6.97. The highest BCUT2D eigenvalue weighted by Gasteiger charge is 2.29. The van der Waals surface area contributed by atoms with Gasteiger partial charge in [-0.15, -0.1) is 0 Å². The lowest BCUT2D eigenvalue weighted by Crippen LogP contribution is -2.50. The first-order valence-corrected chi connectivity index (χ1v) is 8.61. The molecule has 1 aromatic heterocycles. The zero-order valence-corrected chi connectivity index (χ0v) is 14.1. The second-order valence-electron chi connectivity index (χ2n) is 6.74. The molecule has 0 aliphatic carbocycles. The smallest absolute Gasteiger partial charge is 0.244 e. The predicted octanol–water partition coefficient (Wildman–Crippen LogP) is 0.343. The van der Waals surface area contributed by atoms with E-state index >= 15 is 0 Å². The molecule has 1 N–H and O–H groups in total. The van der Waals surface area contributed by atoms with Crippen LogP contribution in [0.1, 0.15) is 37.3 Å². The van der Waals surface area contributed by atoms with Crippen LogP contribution in [-0.4, -0.2) is 73.9 Å². The quantitative estimate of drug-likeness (QED) is 0.869. The Morgan fingerprint density at radius 2 is 1.78 bits per heavy atom.